The lowest BCUT2D eigenvalue weighted by Crippen LogP contribution is -2.40. The summed E-state index contributed by atoms with van der Waals surface area (Å²) >= 11 is 0. The molecule has 0 radical (unpaired) electrons. The molecule has 5 heteroatoms. The van der Waals surface area contributed by atoms with E-state index in [0.29, 0.717) is 12.4 Å². The summed E-state index contributed by atoms with van der Waals surface area (Å²) in [5.74, 6) is 0.466. The van der Waals surface area contributed by atoms with Crippen LogP contribution in [0.1, 0.15) is 26.6 Å². The van der Waals surface area contributed by atoms with E-state index in [1.165, 1.54) is 6.39 Å². The van der Waals surface area contributed by atoms with Crippen molar-refractivity contribution >= 4 is 0 Å². The largest absolute Gasteiger partial charge is 0.376 e. The molecule has 0 spiro atoms. The zero-order valence-corrected chi connectivity index (χ0v) is 8.15. The van der Waals surface area contributed by atoms with Gasteiger partial charge in [-0.15, -0.1) is 0 Å². The quantitative estimate of drug-likeness (QED) is 0.746. The lowest BCUT2D eigenvalue weighted by Gasteiger charge is -2.21. The fourth-order valence-corrected chi connectivity index (χ4v) is 0.827. The van der Waals surface area contributed by atoms with Crippen LogP contribution in [0.4, 0.5) is 0 Å². The number of hydrogen-bond donors (Lipinski definition) is 1. The average molecular weight is 185 g/mol. The molecule has 0 aliphatic rings. The molecule has 0 fully saturated rings. The molecule has 1 aromatic heterocycles. The fourth-order valence-electron chi connectivity index (χ4n) is 0.827. The molecule has 0 aliphatic heterocycles. The van der Waals surface area contributed by atoms with Gasteiger partial charge in [-0.1, -0.05) is 5.16 Å². The molecule has 2 N–H and O–H groups in total. The van der Waals surface area contributed by atoms with Crippen LogP contribution in [0.3, 0.4) is 0 Å². The molecule has 0 aromatic carbocycles. The highest BCUT2D eigenvalue weighted by atomic mass is 16.5. The van der Waals surface area contributed by atoms with Gasteiger partial charge < -0.3 is 15.0 Å². The second kappa shape index (κ2) is 3.85. The lowest BCUT2D eigenvalue weighted by atomic mass is 10.1. The third kappa shape index (κ3) is 2.78. The highest BCUT2D eigenvalue weighted by Gasteiger charge is 2.26. The molecule has 1 unspecified atom stereocenters. The Morgan fingerprint density at radius 3 is 2.85 bits per heavy atom. The fraction of sp³-hybridized carbons (Fsp3) is 0.750. The second-order valence-electron chi connectivity index (χ2n) is 3.53. The highest BCUT2D eigenvalue weighted by molar-refractivity contribution is 4.98. The van der Waals surface area contributed by atoms with Gasteiger partial charge in [0.1, 0.15) is 5.54 Å². The molecule has 1 atom stereocenters. The zero-order valence-electron chi connectivity index (χ0n) is 8.15. The minimum Gasteiger partial charge on any atom is -0.376 e. The van der Waals surface area contributed by atoms with E-state index in [-0.39, 0.29) is 6.10 Å². The van der Waals surface area contributed by atoms with Crippen molar-refractivity contribution in [2.24, 2.45) is 5.73 Å². The third-order valence-corrected chi connectivity index (χ3v) is 1.59. The molecule has 0 saturated carbocycles. The summed E-state index contributed by atoms with van der Waals surface area (Å²) in [5.41, 5.74) is 5.24. The summed E-state index contributed by atoms with van der Waals surface area (Å²) in [7, 11) is 0. The molecule has 1 rings (SSSR count). The van der Waals surface area contributed by atoms with Crippen molar-refractivity contribution in [3.63, 3.8) is 0 Å². The van der Waals surface area contributed by atoms with Crippen LogP contribution in [0, 0.1) is 0 Å². The molecule has 0 aliphatic carbocycles. The van der Waals surface area contributed by atoms with Crippen LogP contribution in [0.15, 0.2) is 10.9 Å². The van der Waals surface area contributed by atoms with E-state index in [4.69, 9.17) is 10.5 Å². The Bertz CT molecular complexity index is 244. The topological polar surface area (TPSA) is 74.2 Å². The monoisotopic (exact) mass is 185 g/mol. The first-order chi connectivity index (χ1) is 6.02. The number of nitrogens with zero attached hydrogens (tertiary/aromatic N) is 2. The van der Waals surface area contributed by atoms with Gasteiger partial charge in [-0.2, -0.15) is 4.98 Å². The van der Waals surface area contributed by atoms with E-state index < -0.39 is 5.54 Å². The summed E-state index contributed by atoms with van der Waals surface area (Å²) in [5, 5.41) is 3.67. The van der Waals surface area contributed by atoms with Crippen LogP contribution in [-0.2, 0) is 10.3 Å². The summed E-state index contributed by atoms with van der Waals surface area (Å²) in [6, 6.07) is 0. The van der Waals surface area contributed by atoms with E-state index in [0.717, 1.165) is 0 Å². The van der Waals surface area contributed by atoms with Crippen molar-refractivity contribution in [2.75, 3.05) is 6.61 Å². The van der Waals surface area contributed by atoms with E-state index in [9.17, 15) is 0 Å². The van der Waals surface area contributed by atoms with Gasteiger partial charge in [0.25, 0.3) is 0 Å². The van der Waals surface area contributed by atoms with Gasteiger partial charge in [0, 0.05) is 0 Å². The minimum absolute atomic E-state index is 0.148. The maximum Gasteiger partial charge on any atom is 0.213 e. The van der Waals surface area contributed by atoms with Crippen molar-refractivity contribution in [3.05, 3.63) is 12.2 Å². The maximum absolute atomic E-state index is 5.92. The van der Waals surface area contributed by atoms with Crippen molar-refractivity contribution in [2.45, 2.75) is 32.4 Å². The summed E-state index contributed by atoms with van der Waals surface area (Å²) < 4.78 is 9.99. The molecule has 0 amide bonds. The minimum atomic E-state index is -0.683. The SMILES string of the molecule is CC(C)OCC(C)(N)c1ncon1. The zero-order chi connectivity index (χ0) is 9.90. The Balaban J connectivity index is 2.56. The van der Waals surface area contributed by atoms with E-state index in [2.05, 4.69) is 14.7 Å². The lowest BCUT2D eigenvalue weighted by molar-refractivity contribution is 0.0410. The number of ether oxygens (including phenoxy) is 1. The van der Waals surface area contributed by atoms with Crippen LogP contribution in [-0.4, -0.2) is 22.9 Å². The van der Waals surface area contributed by atoms with Crippen LogP contribution >= 0.6 is 0 Å². The van der Waals surface area contributed by atoms with E-state index in [1.807, 2.05) is 13.8 Å². The predicted molar refractivity (Wildman–Crippen MR) is 46.9 cm³/mol. The van der Waals surface area contributed by atoms with Gasteiger partial charge in [0.05, 0.1) is 12.7 Å². The highest BCUT2D eigenvalue weighted by Crippen LogP contribution is 2.13. The Morgan fingerprint density at radius 1 is 1.69 bits per heavy atom. The second-order valence-corrected chi connectivity index (χ2v) is 3.53. The van der Waals surface area contributed by atoms with Gasteiger partial charge >= 0.3 is 0 Å². The summed E-state index contributed by atoms with van der Waals surface area (Å²) in [6.45, 7) is 6.09. The third-order valence-electron chi connectivity index (χ3n) is 1.59. The summed E-state index contributed by atoms with van der Waals surface area (Å²) in [6.07, 6.45) is 1.41. The predicted octanol–water partition coefficient (Wildman–Crippen LogP) is 0.668. The Labute approximate surface area is 77.3 Å². The molecular formula is C8H15N3O2. The smallest absolute Gasteiger partial charge is 0.213 e. The summed E-state index contributed by atoms with van der Waals surface area (Å²) in [4.78, 5) is 3.88. The number of rotatable bonds is 4. The van der Waals surface area contributed by atoms with E-state index >= 15 is 0 Å². The Morgan fingerprint density at radius 2 is 2.38 bits per heavy atom. The number of aromatic nitrogens is 2. The molecular weight excluding hydrogens is 170 g/mol. The molecule has 0 saturated heterocycles. The van der Waals surface area contributed by atoms with Crippen LogP contribution in [0.2, 0.25) is 0 Å². The number of nitrogens with two attached hydrogens (primary N) is 1. The van der Waals surface area contributed by atoms with E-state index in [1.54, 1.807) is 6.92 Å². The van der Waals surface area contributed by atoms with Crippen molar-refractivity contribution in [1.29, 1.82) is 0 Å². The van der Waals surface area contributed by atoms with Gasteiger partial charge in [-0.25, -0.2) is 0 Å². The molecule has 13 heavy (non-hydrogen) atoms. The molecule has 0 bridgehead atoms. The first-order valence-corrected chi connectivity index (χ1v) is 4.19. The standard InChI is InChI=1S/C8H15N3O2/c1-6(2)12-4-8(3,9)7-10-5-13-11-7/h5-6H,4,9H2,1-3H3. The molecule has 1 aromatic rings. The Hall–Kier alpha value is -0.940. The Kier molecular flexibility index (Phi) is 3.00. The van der Waals surface area contributed by atoms with Crippen LogP contribution in [0.5, 0.6) is 0 Å². The van der Waals surface area contributed by atoms with Crippen molar-refractivity contribution in [1.82, 2.24) is 10.1 Å². The van der Waals surface area contributed by atoms with Gasteiger partial charge in [-0.3, -0.25) is 0 Å². The molecule has 1 heterocycles. The van der Waals surface area contributed by atoms with Gasteiger partial charge in [-0.05, 0) is 20.8 Å². The van der Waals surface area contributed by atoms with Crippen LogP contribution in [0.25, 0.3) is 0 Å². The number of hydrogen-bond acceptors (Lipinski definition) is 5. The van der Waals surface area contributed by atoms with Gasteiger partial charge in [0.15, 0.2) is 5.82 Å². The van der Waals surface area contributed by atoms with Crippen LogP contribution < -0.4 is 5.73 Å². The molecule has 74 valence electrons. The first-order valence-electron chi connectivity index (χ1n) is 4.19. The normalized spacial score (nSPS) is 16.1. The maximum atomic E-state index is 5.92. The van der Waals surface area contributed by atoms with Gasteiger partial charge in [0.2, 0.25) is 6.39 Å². The average Bonchev–Trinajstić information content (AvgIpc) is 2.53. The molecule has 5 nitrogen and oxygen atoms in total. The van der Waals surface area contributed by atoms with Crippen molar-refractivity contribution < 1.29 is 9.26 Å². The van der Waals surface area contributed by atoms with Crippen molar-refractivity contribution in [3.8, 4) is 0 Å². The first kappa shape index (κ1) is 10.1.